The first-order valence-electron chi connectivity index (χ1n) is 5.68. The Hall–Kier alpha value is -1.25. The quantitative estimate of drug-likeness (QED) is 0.693. The summed E-state index contributed by atoms with van der Waals surface area (Å²) in [6.07, 6.45) is 9.99. The minimum Gasteiger partial charge on any atom is -0.283 e. The number of nitrogens with zero attached hydrogens (tertiary/aromatic N) is 3. The van der Waals surface area contributed by atoms with Crippen molar-refractivity contribution < 1.29 is 0 Å². The van der Waals surface area contributed by atoms with Gasteiger partial charge in [0.05, 0.1) is 11.8 Å². The first-order chi connectivity index (χ1) is 7.36. The zero-order valence-corrected chi connectivity index (χ0v) is 9.19. The average Bonchev–Trinajstić information content (AvgIpc) is 2.31. The second-order valence-electron chi connectivity index (χ2n) is 4.08. The van der Waals surface area contributed by atoms with Crippen molar-refractivity contribution in [3.05, 3.63) is 24.3 Å². The van der Waals surface area contributed by atoms with Gasteiger partial charge in [0.2, 0.25) is 0 Å². The molecule has 1 saturated carbocycles. The van der Waals surface area contributed by atoms with Crippen molar-refractivity contribution in [1.82, 2.24) is 9.97 Å². The van der Waals surface area contributed by atoms with Gasteiger partial charge in [-0.2, -0.15) is 0 Å². The SMILES string of the molecule is CC(=NC1CCCCC1)c1ncccn1. The van der Waals surface area contributed by atoms with E-state index in [9.17, 15) is 0 Å². The van der Waals surface area contributed by atoms with Crippen LogP contribution in [-0.4, -0.2) is 21.7 Å². The van der Waals surface area contributed by atoms with Crippen molar-refractivity contribution >= 4 is 5.71 Å². The molecule has 0 saturated heterocycles. The maximum absolute atomic E-state index is 4.70. The minimum absolute atomic E-state index is 0.502. The van der Waals surface area contributed by atoms with Crippen molar-refractivity contribution in [2.75, 3.05) is 0 Å². The molecule has 1 fully saturated rings. The summed E-state index contributed by atoms with van der Waals surface area (Å²) in [5, 5.41) is 0. The second-order valence-corrected chi connectivity index (χ2v) is 4.08. The van der Waals surface area contributed by atoms with Gasteiger partial charge in [-0.15, -0.1) is 0 Å². The van der Waals surface area contributed by atoms with Crippen LogP contribution in [0.4, 0.5) is 0 Å². The zero-order chi connectivity index (χ0) is 10.5. The molecule has 3 heteroatoms. The number of rotatable bonds is 2. The molecule has 0 radical (unpaired) electrons. The highest BCUT2D eigenvalue weighted by atomic mass is 14.9. The summed E-state index contributed by atoms with van der Waals surface area (Å²) >= 11 is 0. The van der Waals surface area contributed by atoms with Gasteiger partial charge in [0, 0.05) is 12.4 Å². The lowest BCUT2D eigenvalue weighted by molar-refractivity contribution is 0.443. The van der Waals surface area contributed by atoms with Crippen LogP contribution in [-0.2, 0) is 0 Å². The largest absolute Gasteiger partial charge is 0.283 e. The molecule has 15 heavy (non-hydrogen) atoms. The van der Waals surface area contributed by atoms with Crippen molar-refractivity contribution in [2.24, 2.45) is 4.99 Å². The number of hydrogen-bond donors (Lipinski definition) is 0. The summed E-state index contributed by atoms with van der Waals surface area (Å²) in [4.78, 5) is 13.1. The van der Waals surface area contributed by atoms with Crippen LogP contribution in [0.25, 0.3) is 0 Å². The Labute approximate surface area is 90.7 Å². The molecule has 0 N–H and O–H groups in total. The Morgan fingerprint density at radius 1 is 1.20 bits per heavy atom. The third-order valence-electron chi connectivity index (χ3n) is 2.84. The predicted molar refractivity (Wildman–Crippen MR) is 61.1 cm³/mol. The fraction of sp³-hybridized carbons (Fsp3) is 0.583. The van der Waals surface area contributed by atoms with Crippen LogP contribution in [0.5, 0.6) is 0 Å². The summed E-state index contributed by atoms with van der Waals surface area (Å²) in [7, 11) is 0. The van der Waals surface area contributed by atoms with Gasteiger partial charge in [0.15, 0.2) is 5.82 Å². The molecule has 0 aromatic carbocycles. The summed E-state index contributed by atoms with van der Waals surface area (Å²) in [6, 6.07) is 2.33. The summed E-state index contributed by atoms with van der Waals surface area (Å²) in [5.74, 6) is 0.767. The van der Waals surface area contributed by atoms with E-state index >= 15 is 0 Å². The summed E-state index contributed by atoms with van der Waals surface area (Å²) in [6.45, 7) is 2.00. The lowest BCUT2D eigenvalue weighted by Gasteiger charge is -2.18. The van der Waals surface area contributed by atoms with Gasteiger partial charge in [-0.25, -0.2) is 9.97 Å². The Morgan fingerprint density at radius 3 is 2.53 bits per heavy atom. The minimum atomic E-state index is 0.502. The van der Waals surface area contributed by atoms with Gasteiger partial charge in [0.1, 0.15) is 0 Å². The van der Waals surface area contributed by atoms with E-state index in [0.717, 1.165) is 11.5 Å². The van der Waals surface area contributed by atoms with Crippen LogP contribution in [0.2, 0.25) is 0 Å². The molecule has 1 aromatic heterocycles. The smallest absolute Gasteiger partial charge is 0.173 e. The zero-order valence-electron chi connectivity index (χ0n) is 9.19. The Balaban J connectivity index is 2.06. The van der Waals surface area contributed by atoms with Crippen molar-refractivity contribution in [1.29, 1.82) is 0 Å². The van der Waals surface area contributed by atoms with E-state index in [2.05, 4.69) is 9.97 Å². The molecule has 1 aliphatic rings. The third kappa shape index (κ3) is 2.85. The van der Waals surface area contributed by atoms with Gasteiger partial charge in [0.25, 0.3) is 0 Å². The van der Waals surface area contributed by atoms with Crippen LogP contribution < -0.4 is 0 Å². The monoisotopic (exact) mass is 203 g/mol. The first kappa shape index (κ1) is 10.3. The van der Waals surface area contributed by atoms with E-state index in [1.54, 1.807) is 12.4 Å². The third-order valence-corrected chi connectivity index (χ3v) is 2.84. The van der Waals surface area contributed by atoms with E-state index in [1.165, 1.54) is 32.1 Å². The maximum atomic E-state index is 4.70. The molecule has 1 aliphatic carbocycles. The Kier molecular flexibility index (Phi) is 3.43. The van der Waals surface area contributed by atoms with E-state index in [0.29, 0.717) is 6.04 Å². The van der Waals surface area contributed by atoms with Crippen LogP contribution >= 0.6 is 0 Å². The lowest BCUT2D eigenvalue weighted by atomic mass is 9.96. The number of aliphatic imine (C=N–C) groups is 1. The van der Waals surface area contributed by atoms with Gasteiger partial charge >= 0.3 is 0 Å². The molecule has 80 valence electrons. The molecule has 2 rings (SSSR count). The van der Waals surface area contributed by atoms with Gasteiger partial charge in [-0.3, -0.25) is 4.99 Å². The molecule has 0 atom stereocenters. The standard InChI is InChI=1S/C12H17N3/c1-10(12-13-8-5-9-14-12)15-11-6-3-2-4-7-11/h5,8-9,11H,2-4,6-7H2,1H3. The van der Waals surface area contributed by atoms with E-state index in [-0.39, 0.29) is 0 Å². The van der Waals surface area contributed by atoms with Crippen LogP contribution in [0.1, 0.15) is 44.9 Å². The Morgan fingerprint density at radius 2 is 1.87 bits per heavy atom. The summed E-state index contributed by atoms with van der Waals surface area (Å²) < 4.78 is 0. The highest BCUT2D eigenvalue weighted by molar-refractivity contribution is 5.95. The maximum Gasteiger partial charge on any atom is 0.173 e. The van der Waals surface area contributed by atoms with Crippen LogP contribution in [0.3, 0.4) is 0 Å². The molecular weight excluding hydrogens is 186 g/mol. The topological polar surface area (TPSA) is 38.1 Å². The van der Waals surface area contributed by atoms with Crippen molar-refractivity contribution in [3.8, 4) is 0 Å². The highest BCUT2D eigenvalue weighted by Gasteiger charge is 2.12. The predicted octanol–water partition coefficient (Wildman–Crippen LogP) is 2.62. The molecule has 0 spiro atoms. The van der Waals surface area contributed by atoms with Crippen molar-refractivity contribution in [3.63, 3.8) is 0 Å². The first-order valence-corrected chi connectivity index (χ1v) is 5.68. The molecule has 0 unspecified atom stereocenters. The van der Waals surface area contributed by atoms with Crippen LogP contribution in [0.15, 0.2) is 23.5 Å². The molecule has 0 aliphatic heterocycles. The molecule has 0 bridgehead atoms. The molecule has 0 amide bonds. The fourth-order valence-electron chi connectivity index (χ4n) is 2.03. The van der Waals surface area contributed by atoms with E-state index in [4.69, 9.17) is 4.99 Å². The molecule has 1 heterocycles. The van der Waals surface area contributed by atoms with Crippen LogP contribution in [0, 0.1) is 0 Å². The van der Waals surface area contributed by atoms with Gasteiger partial charge < -0.3 is 0 Å². The molecule has 3 nitrogen and oxygen atoms in total. The van der Waals surface area contributed by atoms with E-state index in [1.807, 2.05) is 13.0 Å². The van der Waals surface area contributed by atoms with Gasteiger partial charge in [-0.1, -0.05) is 19.3 Å². The Bertz CT molecular complexity index is 326. The van der Waals surface area contributed by atoms with Crippen molar-refractivity contribution in [2.45, 2.75) is 45.1 Å². The summed E-state index contributed by atoms with van der Waals surface area (Å²) in [5.41, 5.74) is 0.975. The lowest BCUT2D eigenvalue weighted by Crippen LogP contribution is -2.13. The molecule has 1 aromatic rings. The van der Waals surface area contributed by atoms with Gasteiger partial charge in [-0.05, 0) is 25.8 Å². The molecular formula is C12H17N3. The average molecular weight is 203 g/mol. The number of aromatic nitrogens is 2. The normalized spacial score (nSPS) is 19.1. The number of hydrogen-bond acceptors (Lipinski definition) is 3. The second kappa shape index (κ2) is 5.01. The fourth-order valence-corrected chi connectivity index (χ4v) is 2.03. The highest BCUT2D eigenvalue weighted by Crippen LogP contribution is 2.20. The van der Waals surface area contributed by atoms with E-state index < -0.39 is 0 Å².